The fourth-order valence-electron chi connectivity index (χ4n) is 3.83. The summed E-state index contributed by atoms with van der Waals surface area (Å²) >= 11 is 1.47. The minimum absolute atomic E-state index is 0.177. The zero-order valence-corrected chi connectivity index (χ0v) is 20.1. The predicted molar refractivity (Wildman–Crippen MR) is 136 cm³/mol. The summed E-state index contributed by atoms with van der Waals surface area (Å²) in [6.45, 7) is 0.177. The third kappa shape index (κ3) is 4.78. The van der Waals surface area contributed by atoms with E-state index >= 15 is 0 Å². The molecule has 10 heteroatoms. The van der Waals surface area contributed by atoms with Gasteiger partial charge >= 0.3 is 0 Å². The van der Waals surface area contributed by atoms with Gasteiger partial charge in [0.05, 0.1) is 12.0 Å². The highest BCUT2D eigenvalue weighted by Crippen LogP contribution is 2.34. The highest BCUT2D eigenvalue weighted by atomic mass is 32.2. The molecule has 3 heterocycles. The van der Waals surface area contributed by atoms with Crippen LogP contribution in [0.2, 0.25) is 0 Å². The summed E-state index contributed by atoms with van der Waals surface area (Å²) in [7, 11) is 0. The van der Waals surface area contributed by atoms with E-state index in [4.69, 9.17) is 13.9 Å². The third-order valence-corrected chi connectivity index (χ3v) is 6.67. The van der Waals surface area contributed by atoms with Gasteiger partial charge in [0.15, 0.2) is 22.4 Å². The Hall–Kier alpha value is -4.57. The fraction of sp³-hybridized carbons (Fsp3) is 0.0741. The van der Waals surface area contributed by atoms with Crippen molar-refractivity contribution in [2.75, 3.05) is 12.1 Å². The van der Waals surface area contributed by atoms with Gasteiger partial charge in [-0.05, 0) is 66.2 Å². The molecule has 1 N–H and O–H groups in total. The maximum absolute atomic E-state index is 13.5. The molecule has 1 amide bonds. The lowest BCUT2D eigenvalue weighted by Gasteiger charge is -2.10. The Morgan fingerprint density at radius 1 is 0.973 bits per heavy atom. The molecule has 3 aromatic carbocycles. The monoisotopic (exact) mass is 514 g/mol. The van der Waals surface area contributed by atoms with Crippen LogP contribution in [0.4, 0.5) is 10.1 Å². The van der Waals surface area contributed by atoms with Crippen LogP contribution in [0.5, 0.6) is 11.5 Å². The molecule has 0 saturated heterocycles. The van der Waals surface area contributed by atoms with Crippen LogP contribution in [0, 0.1) is 5.82 Å². The van der Waals surface area contributed by atoms with Crippen molar-refractivity contribution < 1.29 is 23.1 Å². The smallest absolute Gasteiger partial charge is 0.255 e. The molecule has 2 aromatic heterocycles. The standard InChI is InChI=1S/C27H19FN4O4S/c28-19-7-10-21(11-8-19)32-25(23-2-1-13-34-23)30-31-27(32)37-15-17-3-5-18(6-4-17)26(33)29-20-9-12-22-24(14-20)36-16-35-22/h1-14H,15-16H2,(H,29,33). The molecular formula is C27H19FN4O4S. The van der Waals surface area contributed by atoms with E-state index in [9.17, 15) is 9.18 Å². The van der Waals surface area contributed by atoms with Crippen molar-refractivity contribution in [3.05, 3.63) is 102 Å². The van der Waals surface area contributed by atoms with Crippen molar-refractivity contribution in [3.8, 4) is 28.8 Å². The summed E-state index contributed by atoms with van der Waals surface area (Å²) in [4.78, 5) is 12.7. The molecule has 0 atom stereocenters. The molecular weight excluding hydrogens is 495 g/mol. The molecule has 37 heavy (non-hydrogen) atoms. The van der Waals surface area contributed by atoms with E-state index in [1.165, 1.54) is 23.9 Å². The normalized spacial score (nSPS) is 12.0. The molecule has 0 aliphatic carbocycles. The van der Waals surface area contributed by atoms with E-state index in [1.54, 1.807) is 60.9 Å². The lowest BCUT2D eigenvalue weighted by atomic mass is 10.1. The molecule has 184 valence electrons. The number of furan rings is 1. The van der Waals surface area contributed by atoms with Gasteiger partial charge in [-0.15, -0.1) is 10.2 Å². The highest BCUT2D eigenvalue weighted by Gasteiger charge is 2.19. The Bertz CT molecular complexity index is 1550. The van der Waals surface area contributed by atoms with E-state index in [1.807, 2.05) is 16.7 Å². The topological polar surface area (TPSA) is 91.4 Å². The number of benzene rings is 3. The zero-order chi connectivity index (χ0) is 25.2. The first-order valence-corrected chi connectivity index (χ1v) is 12.3. The Labute approximate surface area is 215 Å². The first kappa shape index (κ1) is 22.9. The van der Waals surface area contributed by atoms with Crippen LogP contribution in [0.25, 0.3) is 17.3 Å². The number of thioether (sulfide) groups is 1. The van der Waals surface area contributed by atoms with Crippen molar-refractivity contribution in [1.82, 2.24) is 14.8 Å². The van der Waals surface area contributed by atoms with Gasteiger partial charge in [-0.1, -0.05) is 23.9 Å². The Morgan fingerprint density at radius 2 is 1.78 bits per heavy atom. The summed E-state index contributed by atoms with van der Waals surface area (Å²) in [5, 5.41) is 12.1. The zero-order valence-electron chi connectivity index (χ0n) is 19.3. The number of ether oxygens (including phenoxy) is 2. The van der Waals surface area contributed by atoms with E-state index in [2.05, 4.69) is 15.5 Å². The van der Waals surface area contributed by atoms with Crippen molar-refractivity contribution in [1.29, 1.82) is 0 Å². The molecule has 0 spiro atoms. The number of halogens is 1. The van der Waals surface area contributed by atoms with Crippen molar-refractivity contribution >= 4 is 23.4 Å². The van der Waals surface area contributed by atoms with Crippen molar-refractivity contribution in [3.63, 3.8) is 0 Å². The van der Waals surface area contributed by atoms with Crippen LogP contribution >= 0.6 is 11.8 Å². The third-order valence-electron chi connectivity index (χ3n) is 5.67. The van der Waals surface area contributed by atoms with Gasteiger partial charge in [0.25, 0.3) is 5.91 Å². The summed E-state index contributed by atoms with van der Waals surface area (Å²) in [6.07, 6.45) is 1.57. The average Bonchev–Trinajstić information content (AvgIpc) is 3.69. The first-order chi connectivity index (χ1) is 18.1. The average molecular weight is 515 g/mol. The minimum atomic E-state index is -0.326. The van der Waals surface area contributed by atoms with Crippen LogP contribution in [0.15, 0.2) is 94.7 Å². The van der Waals surface area contributed by atoms with Gasteiger partial charge < -0.3 is 19.2 Å². The largest absolute Gasteiger partial charge is 0.461 e. The fourth-order valence-corrected chi connectivity index (χ4v) is 4.74. The molecule has 0 radical (unpaired) electrons. The van der Waals surface area contributed by atoms with E-state index in [0.29, 0.717) is 45.2 Å². The maximum Gasteiger partial charge on any atom is 0.255 e. The quantitative estimate of drug-likeness (QED) is 0.269. The number of hydrogen-bond donors (Lipinski definition) is 1. The molecule has 5 aromatic rings. The molecule has 1 aliphatic heterocycles. The number of carbonyl (C=O) groups is 1. The SMILES string of the molecule is O=C(Nc1ccc2c(c1)OCO2)c1ccc(CSc2nnc(-c3ccco3)n2-c2ccc(F)cc2)cc1. The van der Waals surface area contributed by atoms with Crippen molar-refractivity contribution in [2.45, 2.75) is 10.9 Å². The molecule has 1 aliphatic rings. The minimum Gasteiger partial charge on any atom is -0.461 e. The summed E-state index contributed by atoms with van der Waals surface area (Å²) < 4.78 is 31.5. The number of nitrogens with one attached hydrogen (secondary N) is 1. The lowest BCUT2D eigenvalue weighted by molar-refractivity contribution is 0.102. The van der Waals surface area contributed by atoms with Crippen LogP contribution in [0.3, 0.4) is 0 Å². The van der Waals surface area contributed by atoms with Gasteiger partial charge in [-0.2, -0.15) is 0 Å². The number of amides is 1. The number of nitrogens with zero attached hydrogens (tertiary/aromatic N) is 3. The number of fused-ring (bicyclic) bond motifs is 1. The molecule has 6 rings (SSSR count). The second-order valence-corrected chi connectivity index (χ2v) is 9.05. The number of anilines is 1. The number of aromatic nitrogens is 3. The van der Waals surface area contributed by atoms with Crippen LogP contribution in [-0.2, 0) is 5.75 Å². The summed E-state index contributed by atoms with van der Waals surface area (Å²) in [5.74, 6) is 2.38. The number of rotatable bonds is 7. The summed E-state index contributed by atoms with van der Waals surface area (Å²) in [6, 6.07) is 22.3. The van der Waals surface area contributed by atoms with Crippen LogP contribution in [0.1, 0.15) is 15.9 Å². The van der Waals surface area contributed by atoms with Crippen LogP contribution < -0.4 is 14.8 Å². The molecule has 0 fully saturated rings. The molecule has 0 bridgehead atoms. The second-order valence-electron chi connectivity index (χ2n) is 8.10. The lowest BCUT2D eigenvalue weighted by Crippen LogP contribution is -2.11. The van der Waals surface area contributed by atoms with Gasteiger partial charge in [-0.25, -0.2) is 4.39 Å². The Balaban J connectivity index is 1.16. The first-order valence-electron chi connectivity index (χ1n) is 11.3. The van der Waals surface area contributed by atoms with E-state index in [-0.39, 0.29) is 18.5 Å². The highest BCUT2D eigenvalue weighted by molar-refractivity contribution is 7.98. The van der Waals surface area contributed by atoms with Gasteiger partial charge in [-0.3, -0.25) is 9.36 Å². The number of carbonyl (C=O) groups excluding carboxylic acids is 1. The maximum atomic E-state index is 13.5. The van der Waals surface area contributed by atoms with Crippen molar-refractivity contribution in [2.24, 2.45) is 0 Å². The van der Waals surface area contributed by atoms with E-state index in [0.717, 1.165) is 11.3 Å². The molecule has 8 nitrogen and oxygen atoms in total. The molecule has 0 saturated carbocycles. The second kappa shape index (κ2) is 9.82. The molecule has 0 unspecified atom stereocenters. The van der Waals surface area contributed by atoms with E-state index < -0.39 is 0 Å². The Kier molecular flexibility index (Phi) is 6.07. The predicted octanol–water partition coefficient (Wildman–Crippen LogP) is 5.94. The van der Waals surface area contributed by atoms with Gasteiger partial charge in [0.2, 0.25) is 12.6 Å². The number of hydrogen-bond acceptors (Lipinski definition) is 7. The summed E-state index contributed by atoms with van der Waals surface area (Å²) in [5.41, 5.74) is 2.87. The van der Waals surface area contributed by atoms with Gasteiger partial charge in [0, 0.05) is 23.1 Å². The van der Waals surface area contributed by atoms with Gasteiger partial charge in [0.1, 0.15) is 5.82 Å². The Morgan fingerprint density at radius 3 is 2.57 bits per heavy atom. The van der Waals surface area contributed by atoms with Crippen LogP contribution in [-0.4, -0.2) is 27.5 Å².